The third-order valence-corrected chi connectivity index (χ3v) is 7.17. The number of carbonyl (C=O) groups excluding carboxylic acids is 2. The van der Waals surface area contributed by atoms with Crippen molar-refractivity contribution in [2.45, 2.75) is 13.8 Å². The van der Waals surface area contributed by atoms with Gasteiger partial charge in [0.25, 0.3) is 17.5 Å². The number of nitrogens with one attached hydrogen (secondary N) is 1. The summed E-state index contributed by atoms with van der Waals surface area (Å²) in [5, 5.41) is 14.9. The van der Waals surface area contributed by atoms with E-state index in [4.69, 9.17) is 16.0 Å². The van der Waals surface area contributed by atoms with Crippen molar-refractivity contribution in [3.8, 4) is 11.3 Å². The molecule has 10 heteroatoms. The van der Waals surface area contributed by atoms with E-state index in [1.165, 1.54) is 18.2 Å². The monoisotopic (exact) mass is 558 g/mol. The van der Waals surface area contributed by atoms with Crippen LogP contribution in [0.4, 0.5) is 17.1 Å². The third kappa shape index (κ3) is 5.55. The molecule has 1 fully saturated rings. The largest absolute Gasteiger partial charge is 0.451 e. The predicted molar refractivity (Wildman–Crippen MR) is 154 cm³/mol. The molecule has 40 heavy (non-hydrogen) atoms. The normalized spacial score (nSPS) is 13.3. The molecule has 2 heterocycles. The summed E-state index contributed by atoms with van der Waals surface area (Å²) >= 11 is 6.59. The van der Waals surface area contributed by atoms with Crippen molar-refractivity contribution in [3.63, 3.8) is 0 Å². The number of aryl methyl sites for hydroxylation is 2. The minimum atomic E-state index is -0.516. The van der Waals surface area contributed by atoms with Crippen LogP contribution in [0.3, 0.4) is 0 Å². The van der Waals surface area contributed by atoms with Crippen LogP contribution in [0.25, 0.3) is 11.3 Å². The van der Waals surface area contributed by atoms with Crippen molar-refractivity contribution in [2.24, 2.45) is 0 Å². The fourth-order valence-corrected chi connectivity index (χ4v) is 5.03. The average molecular weight is 559 g/mol. The van der Waals surface area contributed by atoms with Gasteiger partial charge < -0.3 is 19.5 Å². The molecule has 1 N–H and O–H groups in total. The topological polar surface area (TPSA) is 109 Å². The van der Waals surface area contributed by atoms with Gasteiger partial charge in [-0.2, -0.15) is 0 Å². The van der Waals surface area contributed by atoms with Crippen LogP contribution in [-0.2, 0) is 0 Å². The van der Waals surface area contributed by atoms with Crippen LogP contribution >= 0.6 is 11.6 Å². The molecule has 204 valence electrons. The Morgan fingerprint density at radius 1 is 0.925 bits per heavy atom. The van der Waals surface area contributed by atoms with Crippen molar-refractivity contribution in [1.29, 1.82) is 0 Å². The van der Waals surface area contributed by atoms with Crippen LogP contribution in [0.5, 0.6) is 0 Å². The molecule has 3 aromatic carbocycles. The first-order chi connectivity index (χ1) is 19.2. The van der Waals surface area contributed by atoms with Crippen molar-refractivity contribution < 1.29 is 18.9 Å². The van der Waals surface area contributed by atoms with E-state index in [-0.39, 0.29) is 28.7 Å². The quantitative estimate of drug-likeness (QED) is 0.218. The first-order valence-electron chi connectivity index (χ1n) is 12.8. The lowest BCUT2D eigenvalue weighted by Gasteiger charge is -2.37. The average Bonchev–Trinajstić information content (AvgIpc) is 3.44. The van der Waals surface area contributed by atoms with E-state index in [1.54, 1.807) is 37.3 Å². The second-order valence-corrected chi connectivity index (χ2v) is 10.1. The van der Waals surface area contributed by atoms with Gasteiger partial charge in [-0.15, -0.1) is 0 Å². The lowest BCUT2D eigenvalue weighted by atomic mass is 10.1. The number of para-hydroxylation sites is 1. The van der Waals surface area contributed by atoms with Crippen molar-refractivity contribution in [1.82, 2.24) is 4.90 Å². The van der Waals surface area contributed by atoms with E-state index in [1.807, 2.05) is 41.0 Å². The zero-order valence-electron chi connectivity index (χ0n) is 22.0. The third-order valence-electron chi connectivity index (χ3n) is 6.86. The van der Waals surface area contributed by atoms with Gasteiger partial charge in [0, 0.05) is 37.8 Å². The first-order valence-corrected chi connectivity index (χ1v) is 13.1. The van der Waals surface area contributed by atoms with Gasteiger partial charge in [-0.05, 0) is 61.9 Å². The Labute approximate surface area is 236 Å². The van der Waals surface area contributed by atoms with E-state index < -0.39 is 10.8 Å². The number of halogens is 1. The van der Waals surface area contributed by atoms with E-state index in [2.05, 4.69) is 5.32 Å². The first kappa shape index (κ1) is 27.0. The minimum Gasteiger partial charge on any atom is -0.451 e. The molecule has 1 aliphatic heterocycles. The van der Waals surface area contributed by atoms with Gasteiger partial charge in [-0.1, -0.05) is 41.4 Å². The number of nitro benzene ring substituents is 1. The van der Waals surface area contributed by atoms with Crippen LogP contribution in [0.15, 0.2) is 77.2 Å². The van der Waals surface area contributed by atoms with E-state index >= 15 is 0 Å². The second-order valence-electron chi connectivity index (χ2n) is 9.68. The van der Waals surface area contributed by atoms with Crippen LogP contribution in [0, 0.1) is 24.0 Å². The zero-order chi connectivity index (χ0) is 28.4. The number of anilines is 2. The van der Waals surface area contributed by atoms with Gasteiger partial charge in [-0.3, -0.25) is 19.7 Å². The molecule has 0 aliphatic carbocycles. The fraction of sp³-hybridized carbons (Fsp3) is 0.200. The SMILES string of the molecule is Cc1ccc(C(=O)N2CCN(c3c(Cl)cccc3NC(=O)c3ccc(-c4ccc(C)cc4[N+](=O)[O-])o3)CC2)cc1. The molecule has 1 saturated heterocycles. The lowest BCUT2D eigenvalue weighted by Crippen LogP contribution is -2.49. The van der Waals surface area contributed by atoms with Gasteiger partial charge in [-0.25, -0.2) is 0 Å². The molecule has 9 nitrogen and oxygen atoms in total. The molecular formula is C30H27ClN4O5. The Hall–Kier alpha value is -4.63. The van der Waals surface area contributed by atoms with Crippen molar-refractivity contribution in [3.05, 3.63) is 110 Å². The van der Waals surface area contributed by atoms with Crippen LogP contribution in [-0.4, -0.2) is 47.8 Å². The molecule has 0 bridgehead atoms. The number of benzene rings is 3. The lowest BCUT2D eigenvalue weighted by molar-refractivity contribution is -0.384. The number of carbonyl (C=O) groups is 2. The molecule has 5 rings (SSSR count). The van der Waals surface area contributed by atoms with Gasteiger partial charge in [0.1, 0.15) is 5.76 Å². The standard InChI is InChI=1S/C30H27ClN4O5/c1-19-6-9-21(10-7-19)30(37)34-16-14-33(15-17-34)28-23(31)4-3-5-24(28)32-29(36)27-13-12-26(40-27)22-11-8-20(2)18-25(22)35(38)39/h3-13,18H,14-17H2,1-2H3,(H,32,36). The number of hydrogen-bond donors (Lipinski definition) is 1. The molecule has 0 radical (unpaired) electrons. The summed E-state index contributed by atoms with van der Waals surface area (Å²) in [5.74, 6) is -0.311. The molecule has 0 atom stereocenters. The molecular weight excluding hydrogens is 532 g/mol. The van der Waals surface area contributed by atoms with Crippen LogP contribution in [0.2, 0.25) is 5.02 Å². The molecule has 0 unspecified atom stereocenters. The number of nitrogens with zero attached hydrogens (tertiary/aromatic N) is 3. The highest BCUT2D eigenvalue weighted by atomic mass is 35.5. The fourth-order valence-electron chi connectivity index (χ4n) is 4.74. The summed E-state index contributed by atoms with van der Waals surface area (Å²) in [7, 11) is 0. The number of rotatable bonds is 6. The molecule has 2 amide bonds. The van der Waals surface area contributed by atoms with Gasteiger partial charge in [0.2, 0.25) is 0 Å². The highest BCUT2D eigenvalue weighted by Gasteiger charge is 2.26. The summed E-state index contributed by atoms with van der Waals surface area (Å²) in [6.45, 7) is 5.82. The summed E-state index contributed by atoms with van der Waals surface area (Å²) < 4.78 is 5.73. The van der Waals surface area contributed by atoms with E-state index in [0.29, 0.717) is 48.1 Å². The van der Waals surface area contributed by atoms with Gasteiger partial charge in [0.15, 0.2) is 5.76 Å². The number of nitro groups is 1. The smallest absolute Gasteiger partial charge is 0.291 e. The molecule has 0 spiro atoms. The van der Waals surface area contributed by atoms with Gasteiger partial charge >= 0.3 is 0 Å². The van der Waals surface area contributed by atoms with E-state index in [9.17, 15) is 19.7 Å². The highest BCUT2D eigenvalue weighted by Crippen LogP contribution is 2.36. The highest BCUT2D eigenvalue weighted by molar-refractivity contribution is 6.34. The maximum absolute atomic E-state index is 13.1. The molecule has 1 aliphatic rings. The Kier molecular flexibility index (Phi) is 7.57. The number of piperazine rings is 1. The molecule has 0 saturated carbocycles. The second kappa shape index (κ2) is 11.2. The number of furan rings is 1. The molecule has 4 aromatic rings. The Balaban J connectivity index is 1.31. The zero-order valence-corrected chi connectivity index (χ0v) is 22.8. The number of hydrogen-bond acceptors (Lipinski definition) is 6. The maximum atomic E-state index is 13.1. The molecule has 1 aromatic heterocycles. The van der Waals surface area contributed by atoms with Gasteiger partial charge in [0.05, 0.1) is 26.9 Å². The predicted octanol–water partition coefficient (Wildman–Crippen LogP) is 6.34. The Bertz CT molecular complexity index is 1590. The summed E-state index contributed by atoms with van der Waals surface area (Å²) in [5.41, 5.74) is 3.83. The van der Waals surface area contributed by atoms with Crippen molar-refractivity contribution >= 4 is 40.5 Å². The maximum Gasteiger partial charge on any atom is 0.291 e. The van der Waals surface area contributed by atoms with Crippen LogP contribution < -0.4 is 10.2 Å². The van der Waals surface area contributed by atoms with Crippen LogP contribution in [0.1, 0.15) is 32.0 Å². The van der Waals surface area contributed by atoms with Crippen molar-refractivity contribution in [2.75, 3.05) is 36.4 Å². The Morgan fingerprint density at radius 3 is 2.33 bits per heavy atom. The van der Waals surface area contributed by atoms with E-state index in [0.717, 1.165) is 11.1 Å². The summed E-state index contributed by atoms with van der Waals surface area (Å²) in [6.07, 6.45) is 0. The summed E-state index contributed by atoms with van der Waals surface area (Å²) in [4.78, 5) is 41.0. The Morgan fingerprint density at radius 2 is 1.62 bits per heavy atom. The summed E-state index contributed by atoms with van der Waals surface area (Å²) in [6, 6.07) is 20.6. The number of amides is 2. The minimum absolute atomic E-state index is 0.00399.